The molecule has 9 nitrogen and oxygen atoms in total. The molecule has 1 aliphatic heterocycles. The number of terminal acetylenes is 1. The SMILES string of the molecule is C#CCO[C@H]1O[C@H](CO)[C@@H](OC(=O)c2ccccc2)[C@H](OC(=O)c2ccccc2)[C@H]1OC(=O)c1ccccc1. The van der Waals surface area contributed by atoms with Crippen LogP contribution in [0.1, 0.15) is 31.1 Å². The van der Waals surface area contributed by atoms with Gasteiger partial charge in [-0.25, -0.2) is 14.4 Å². The molecule has 1 fully saturated rings. The number of benzene rings is 3. The van der Waals surface area contributed by atoms with Crippen molar-refractivity contribution in [1.29, 1.82) is 0 Å². The van der Waals surface area contributed by atoms with Gasteiger partial charge in [0.2, 0.25) is 0 Å². The lowest BCUT2D eigenvalue weighted by atomic mass is 9.97. The molecule has 5 atom stereocenters. The zero-order valence-corrected chi connectivity index (χ0v) is 20.8. The minimum Gasteiger partial charge on any atom is -0.452 e. The summed E-state index contributed by atoms with van der Waals surface area (Å²) in [6.07, 6.45) is -1.45. The van der Waals surface area contributed by atoms with Crippen LogP contribution in [0.2, 0.25) is 0 Å². The summed E-state index contributed by atoms with van der Waals surface area (Å²) in [5.74, 6) is -0.0126. The third kappa shape index (κ3) is 6.89. The molecule has 1 N–H and O–H groups in total. The Morgan fingerprint density at radius 3 is 1.51 bits per heavy atom. The molecule has 0 aromatic heterocycles. The van der Waals surface area contributed by atoms with E-state index in [4.69, 9.17) is 30.1 Å². The van der Waals surface area contributed by atoms with Crippen molar-refractivity contribution in [3.63, 3.8) is 0 Å². The van der Waals surface area contributed by atoms with Crippen molar-refractivity contribution in [3.8, 4) is 12.3 Å². The summed E-state index contributed by atoms with van der Waals surface area (Å²) in [4.78, 5) is 39.2. The summed E-state index contributed by atoms with van der Waals surface area (Å²) < 4.78 is 28.7. The van der Waals surface area contributed by atoms with Gasteiger partial charge in [0.15, 0.2) is 24.6 Å². The number of rotatable bonds is 9. The minimum atomic E-state index is -1.44. The first-order valence-electron chi connectivity index (χ1n) is 12.1. The lowest BCUT2D eigenvalue weighted by molar-refractivity contribution is -0.295. The normalized spacial score (nSPS) is 22.2. The highest BCUT2D eigenvalue weighted by molar-refractivity contribution is 5.91. The third-order valence-electron chi connectivity index (χ3n) is 5.86. The fraction of sp³-hybridized carbons (Fsp3) is 0.233. The smallest absolute Gasteiger partial charge is 0.338 e. The molecule has 4 rings (SSSR count). The second kappa shape index (κ2) is 13.3. The minimum absolute atomic E-state index is 0.201. The van der Waals surface area contributed by atoms with Crippen molar-refractivity contribution in [3.05, 3.63) is 108 Å². The number of esters is 3. The highest BCUT2D eigenvalue weighted by atomic mass is 16.7. The first kappa shape index (κ1) is 27.5. The molecule has 1 saturated heterocycles. The van der Waals surface area contributed by atoms with E-state index in [1.165, 1.54) is 36.4 Å². The number of hydrogen-bond donors (Lipinski definition) is 1. The molecular formula is C30H26O9. The lowest BCUT2D eigenvalue weighted by Gasteiger charge is -2.43. The second-order valence-corrected chi connectivity index (χ2v) is 8.45. The van der Waals surface area contributed by atoms with Crippen LogP contribution in [0.3, 0.4) is 0 Å². The zero-order valence-electron chi connectivity index (χ0n) is 20.8. The van der Waals surface area contributed by atoms with Crippen LogP contribution in [0.15, 0.2) is 91.0 Å². The number of hydrogen-bond acceptors (Lipinski definition) is 9. The maximum atomic E-state index is 13.2. The summed E-state index contributed by atoms with van der Waals surface area (Å²) in [6, 6.07) is 24.3. The maximum Gasteiger partial charge on any atom is 0.338 e. The van der Waals surface area contributed by atoms with Gasteiger partial charge in [0.1, 0.15) is 12.7 Å². The standard InChI is InChI=1S/C30H26O9/c1-2-18-35-30-26(39-29(34)22-16-10-5-11-17-22)25(38-28(33)21-14-8-4-9-15-21)24(23(19-31)36-30)37-27(32)20-12-6-3-7-13-20/h1,3-17,23-26,30-31H,18-19H2/t23-,24-,25+,26-,30+/m1/s1. The van der Waals surface area contributed by atoms with Crippen LogP contribution < -0.4 is 0 Å². The largest absolute Gasteiger partial charge is 0.452 e. The number of carbonyl (C=O) groups is 3. The van der Waals surface area contributed by atoms with Gasteiger partial charge in [-0.1, -0.05) is 60.5 Å². The van der Waals surface area contributed by atoms with Crippen molar-refractivity contribution >= 4 is 17.9 Å². The molecule has 0 saturated carbocycles. The topological polar surface area (TPSA) is 118 Å². The van der Waals surface area contributed by atoms with E-state index in [-0.39, 0.29) is 23.3 Å². The van der Waals surface area contributed by atoms with Gasteiger partial charge in [-0.05, 0) is 36.4 Å². The van der Waals surface area contributed by atoms with E-state index in [9.17, 15) is 19.5 Å². The van der Waals surface area contributed by atoms with Crippen LogP contribution in [0.4, 0.5) is 0 Å². The second-order valence-electron chi connectivity index (χ2n) is 8.45. The van der Waals surface area contributed by atoms with Crippen molar-refractivity contribution in [2.24, 2.45) is 0 Å². The lowest BCUT2D eigenvalue weighted by Crippen LogP contribution is -2.63. The van der Waals surface area contributed by atoms with Crippen LogP contribution in [0.5, 0.6) is 0 Å². The molecule has 200 valence electrons. The Kier molecular flexibility index (Phi) is 9.43. The Balaban J connectivity index is 1.71. The molecule has 3 aromatic rings. The third-order valence-corrected chi connectivity index (χ3v) is 5.86. The van der Waals surface area contributed by atoms with Crippen molar-refractivity contribution in [2.75, 3.05) is 13.2 Å². The van der Waals surface area contributed by atoms with Crippen LogP contribution in [-0.4, -0.2) is 66.9 Å². The van der Waals surface area contributed by atoms with Gasteiger partial charge in [-0.2, -0.15) is 0 Å². The average molecular weight is 531 g/mol. The molecule has 1 heterocycles. The van der Waals surface area contributed by atoms with Gasteiger partial charge >= 0.3 is 17.9 Å². The van der Waals surface area contributed by atoms with Gasteiger partial charge in [0.25, 0.3) is 0 Å². The summed E-state index contributed by atoms with van der Waals surface area (Å²) in [5.41, 5.74) is 0.626. The monoisotopic (exact) mass is 530 g/mol. The Morgan fingerprint density at radius 1 is 0.692 bits per heavy atom. The molecule has 3 aromatic carbocycles. The van der Waals surface area contributed by atoms with Gasteiger partial charge < -0.3 is 28.8 Å². The number of ether oxygens (including phenoxy) is 5. The van der Waals surface area contributed by atoms with Gasteiger partial charge in [0, 0.05) is 0 Å². The van der Waals surface area contributed by atoms with E-state index >= 15 is 0 Å². The summed E-state index contributed by atoms with van der Waals surface area (Å²) >= 11 is 0. The molecular weight excluding hydrogens is 504 g/mol. The average Bonchev–Trinajstić information content (AvgIpc) is 2.99. The Hall–Kier alpha value is -4.49. The highest BCUT2D eigenvalue weighted by Gasteiger charge is 2.53. The fourth-order valence-corrected chi connectivity index (χ4v) is 3.99. The molecule has 0 aliphatic carbocycles. The number of aliphatic hydroxyl groups excluding tert-OH is 1. The molecule has 0 radical (unpaired) electrons. The molecule has 0 spiro atoms. The highest BCUT2D eigenvalue weighted by Crippen LogP contribution is 2.31. The summed E-state index contributed by atoms with van der Waals surface area (Å²) in [6.45, 7) is -0.878. The van der Waals surface area contributed by atoms with E-state index < -0.39 is 55.2 Å². The van der Waals surface area contributed by atoms with E-state index in [0.29, 0.717) is 0 Å². The predicted molar refractivity (Wildman–Crippen MR) is 137 cm³/mol. The van der Waals surface area contributed by atoms with Crippen molar-refractivity contribution in [2.45, 2.75) is 30.7 Å². The number of carbonyl (C=O) groups excluding carboxylic acids is 3. The molecule has 9 heteroatoms. The van der Waals surface area contributed by atoms with Gasteiger partial charge in [-0.3, -0.25) is 0 Å². The van der Waals surface area contributed by atoms with Gasteiger partial charge in [0.05, 0.1) is 23.3 Å². The quantitative estimate of drug-likeness (QED) is 0.253. The molecule has 0 amide bonds. The van der Waals surface area contributed by atoms with E-state index in [0.717, 1.165) is 0 Å². The molecule has 1 aliphatic rings. The first-order valence-corrected chi connectivity index (χ1v) is 12.1. The Morgan fingerprint density at radius 2 is 1.10 bits per heavy atom. The van der Waals surface area contributed by atoms with Crippen LogP contribution in [0, 0.1) is 12.3 Å². The molecule has 0 bridgehead atoms. The fourth-order valence-electron chi connectivity index (χ4n) is 3.99. The van der Waals surface area contributed by atoms with Crippen LogP contribution in [0.25, 0.3) is 0 Å². The van der Waals surface area contributed by atoms with E-state index in [1.54, 1.807) is 54.6 Å². The zero-order chi connectivity index (χ0) is 27.6. The first-order chi connectivity index (χ1) is 19.0. The van der Waals surface area contributed by atoms with E-state index in [1.807, 2.05) is 0 Å². The Bertz CT molecular complexity index is 1290. The number of aliphatic hydroxyl groups is 1. The predicted octanol–water partition coefficient (Wildman–Crippen LogP) is 3.03. The molecule has 39 heavy (non-hydrogen) atoms. The van der Waals surface area contributed by atoms with Crippen LogP contribution >= 0.6 is 0 Å². The molecule has 0 unspecified atom stereocenters. The van der Waals surface area contributed by atoms with Crippen molar-refractivity contribution in [1.82, 2.24) is 0 Å². The van der Waals surface area contributed by atoms with E-state index in [2.05, 4.69) is 5.92 Å². The summed E-state index contributed by atoms with van der Waals surface area (Å²) in [7, 11) is 0. The maximum absolute atomic E-state index is 13.2. The van der Waals surface area contributed by atoms with Crippen molar-refractivity contribution < 1.29 is 43.2 Å². The van der Waals surface area contributed by atoms with Gasteiger partial charge in [-0.15, -0.1) is 6.42 Å². The Labute approximate surface area is 225 Å². The van der Waals surface area contributed by atoms with Crippen LogP contribution in [-0.2, 0) is 23.7 Å². The summed E-state index contributed by atoms with van der Waals surface area (Å²) in [5, 5.41) is 10.1.